The Labute approximate surface area is 223 Å². The van der Waals surface area contributed by atoms with Gasteiger partial charge in [-0.1, -0.05) is 40.9 Å². The summed E-state index contributed by atoms with van der Waals surface area (Å²) in [5.41, 5.74) is 4.68. The molecule has 0 atom stereocenters. The van der Waals surface area contributed by atoms with Gasteiger partial charge in [0.2, 0.25) is 0 Å². The van der Waals surface area contributed by atoms with E-state index in [9.17, 15) is 9.59 Å². The topological polar surface area (TPSA) is 98.3 Å². The molecule has 36 heavy (non-hydrogen) atoms. The maximum Gasteiger partial charge on any atom is 0.271 e. The maximum atomic E-state index is 12.4. The number of ether oxygens (including phenoxy) is 3. The highest BCUT2D eigenvalue weighted by atomic mass is 35.5. The van der Waals surface area contributed by atoms with Crippen molar-refractivity contribution in [2.24, 2.45) is 5.10 Å². The summed E-state index contributed by atoms with van der Waals surface area (Å²) >= 11 is 18.6. The largest absolute Gasteiger partial charge is 0.493 e. The van der Waals surface area contributed by atoms with Crippen LogP contribution >= 0.6 is 34.8 Å². The molecular weight excluding hydrogens is 529 g/mol. The molecule has 0 heterocycles. The van der Waals surface area contributed by atoms with E-state index in [1.54, 1.807) is 30.3 Å². The second-order valence-corrected chi connectivity index (χ2v) is 8.60. The Balaban J connectivity index is 1.59. The third-order valence-corrected chi connectivity index (χ3v) is 5.82. The highest BCUT2D eigenvalue weighted by molar-refractivity contribution is 6.37. The minimum atomic E-state index is -0.453. The van der Waals surface area contributed by atoms with Crippen LogP contribution in [0.1, 0.15) is 21.5 Å². The molecule has 3 rings (SSSR count). The van der Waals surface area contributed by atoms with Gasteiger partial charge in [0.1, 0.15) is 0 Å². The number of hydrogen-bond donors (Lipinski definition) is 2. The van der Waals surface area contributed by atoms with E-state index in [0.29, 0.717) is 33.3 Å². The molecule has 8 nitrogen and oxygen atoms in total. The Bertz CT molecular complexity index is 1290. The third kappa shape index (κ3) is 7.04. The van der Waals surface area contributed by atoms with E-state index >= 15 is 0 Å². The van der Waals surface area contributed by atoms with Crippen LogP contribution < -0.4 is 25.0 Å². The average molecular weight is 551 g/mol. The van der Waals surface area contributed by atoms with Gasteiger partial charge in [-0.3, -0.25) is 9.59 Å². The summed E-state index contributed by atoms with van der Waals surface area (Å²) in [6.07, 6.45) is 1.37. The first-order valence-corrected chi connectivity index (χ1v) is 11.6. The van der Waals surface area contributed by atoms with Crippen LogP contribution in [0.2, 0.25) is 15.1 Å². The molecule has 0 spiro atoms. The van der Waals surface area contributed by atoms with E-state index in [4.69, 9.17) is 49.0 Å². The van der Waals surface area contributed by atoms with Crippen molar-refractivity contribution in [3.05, 3.63) is 80.3 Å². The van der Waals surface area contributed by atoms with Crippen molar-refractivity contribution >= 4 is 58.5 Å². The van der Waals surface area contributed by atoms with E-state index in [0.717, 1.165) is 5.56 Å². The zero-order valence-corrected chi connectivity index (χ0v) is 21.8. The fourth-order valence-corrected chi connectivity index (χ4v) is 3.80. The van der Waals surface area contributed by atoms with Crippen molar-refractivity contribution in [2.75, 3.05) is 26.1 Å². The number of aryl methyl sites for hydroxylation is 1. The number of benzene rings is 3. The smallest absolute Gasteiger partial charge is 0.271 e. The lowest BCUT2D eigenvalue weighted by Gasteiger charge is -2.11. The Hall–Kier alpha value is -3.46. The Morgan fingerprint density at radius 1 is 0.917 bits per heavy atom. The first-order chi connectivity index (χ1) is 17.2. The maximum absolute atomic E-state index is 12.4. The molecule has 0 unspecified atom stereocenters. The summed E-state index contributed by atoms with van der Waals surface area (Å²) in [6, 6.07) is 13.0. The van der Waals surface area contributed by atoms with Crippen LogP contribution in [0.4, 0.5) is 5.69 Å². The molecular formula is C25H22Cl3N3O5. The summed E-state index contributed by atoms with van der Waals surface area (Å²) in [5.74, 6) is 0.193. The fourth-order valence-electron chi connectivity index (χ4n) is 3.00. The molecule has 0 saturated carbocycles. The van der Waals surface area contributed by atoms with Gasteiger partial charge in [0.25, 0.3) is 11.8 Å². The number of carbonyl (C=O) groups is 2. The van der Waals surface area contributed by atoms with Gasteiger partial charge in [0, 0.05) is 16.3 Å². The quantitative estimate of drug-likeness (QED) is 0.261. The zero-order valence-electron chi connectivity index (χ0n) is 19.5. The van der Waals surface area contributed by atoms with Gasteiger partial charge in [0.15, 0.2) is 23.9 Å². The van der Waals surface area contributed by atoms with Crippen LogP contribution in [0.3, 0.4) is 0 Å². The normalized spacial score (nSPS) is 10.7. The van der Waals surface area contributed by atoms with Gasteiger partial charge in [-0.15, -0.1) is 0 Å². The molecule has 0 aliphatic heterocycles. The molecule has 0 aliphatic carbocycles. The van der Waals surface area contributed by atoms with Crippen LogP contribution in [-0.2, 0) is 4.79 Å². The molecule has 3 aromatic rings. The standard InChI is InChI=1S/C25H22Cl3N3O5/c1-14-4-6-17(11-18(14)26)30-23(32)13-36-24-19(27)8-15(9-20(24)28)12-29-31-25(33)16-5-7-21(34-2)22(10-16)35-3/h4-12H,13H2,1-3H3,(H,30,32)(H,31,33)/b29-12+. The lowest BCUT2D eigenvalue weighted by Crippen LogP contribution is -2.20. The molecule has 0 aromatic heterocycles. The van der Waals surface area contributed by atoms with Crippen molar-refractivity contribution < 1.29 is 23.8 Å². The van der Waals surface area contributed by atoms with Crippen LogP contribution in [0.25, 0.3) is 0 Å². The summed E-state index contributed by atoms with van der Waals surface area (Å²) in [6.45, 7) is 1.54. The lowest BCUT2D eigenvalue weighted by molar-refractivity contribution is -0.118. The second kappa shape index (κ2) is 12.5. The van der Waals surface area contributed by atoms with Gasteiger partial charge in [-0.05, 0) is 60.5 Å². The van der Waals surface area contributed by atoms with Crippen LogP contribution in [0.15, 0.2) is 53.6 Å². The number of hydrazone groups is 1. The SMILES string of the molecule is COc1ccc(C(=O)N/N=C/c2cc(Cl)c(OCC(=O)Nc3ccc(C)c(Cl)c3)c(Cl)c2)cc1OC. The summed E-state index contributed by atoms with van der Waals surface area (Å²) in [7, 11) is 2.98. The van der Waals surface area contributed by atoms with E-state index < -0.39 is 11.8 Å². The predicted molar refractivity (Wildman–Crippen MR) is 141 cm³/mol. The summed E-state index contributed by atoms with van der Waals surface area (Å²) in [4.78, 5) is 24.6. The lowest BCUT2D eigenvalue weighted by atomic mass is 10.2. The van der Waals surface area contributed by atoms with Gasteiger partial charge in [-0.25, -0.2) is 5.43 Å². The molecule has 0 bridgehead atoms. The molecule has 2 amide bonds. The Morgan fingerprint density at radius 3 is 2.25 bits per heavy atom. The third-order valence-electron chi connectivity index (χ3n) is 4.85. The number of nitrogens with zero attached hydrogens (tertiary/aromatic N) is 1. The zero-order chi connectivity index (χ0) is 26.2. The first kappa shape index (κ1) is 27.1. The van der Waals surface area contributed by atoms with E-state index in [1.807, 2.05) is 6.92 Å². The van der Waals surface area contributed by atoms with Crippen LogP contribution in [-0.4, -0.2) is 38.9 Å². The van der Waals surface area contributed by atoms with E-state index in [1.165, 1.54) is 38.6 Å². The molecule has 11 heteroatoms. The summed E-state index contributed by atoms with van der Waals surface area (Å²) < 4.78 is 15.9. The van der Waals surface area contributed by atoms with Gasteiger partial charge in [0.05, 0.1) is 30.5 Å². The monoisotopic (exact) mass is 549 g/mol. The van der Waals surface area contributed by atoms with Crippen LogP contribution in [0.5, 0.6) is 17.2 Å². The molecule has 188 valence electrons. The molecule has 0 fully saturated rings. The van der Waals surface area contributed by atoms with Crippen molar-refractivity contribution in [1.82, 2.24) is 5.43 Å². The van der Waals surface area contributed by atoms with E-state index in [2.05, 4.69) is 15.8 Å². The van der Waals surface area contributed by atoms with Crippen molar-refractivity contribution in [1.29, 1.82) is 0 Å². The number of amides is 2. The number of nitrogens with one attached hydrogen (secondary N) is 2. The number of methoxy groups -OCH3 is 2. The number of hydrogen-bond acceptors (Lipinski definition) is 6. The van der Waals surface area contributed by atoms with Crippen molar-refractivity contribution in [3.63, 3.8) is 0 Å². The molecule has 0 aliphatic rings. The number of carbonyl (C=O) groups excluding carboxylic acids is 2. The van der Waals surface area contributed by atoms with Crippen LogP contribution in [0, 0.1) is 6.92 Å². The Kier molecular flexibility index (Phi) is 9.41. The fraction of sp³-hybridized carbons (Fsp3) is 0.160. The molecule has 3 aromatic carbocycles. The van der Waals surface area contributed by atoms with Crippen molar-refractivity contribution in [2.45, 2.75) is 6.92 Å². The number of halogens is 3. The summed E-state index contributed by atoms with van der Waals surface area (Å²) in [5, 5.41) is 7.49. The predicted octanol–water partition coefficient (Wildman–Crippen LogP) is 5.75. The highest BCUT2D eigenvalue weighted by Crippen LogP contribution is 2.34. The first-order valence-electron chi connectivity index (χ1n) is 10.4. The van der Waals surface area contributed by atoms with Crippen molar-refractivity contribution in [3.8, 4) is 17.2 Å². The number of rotatable bonds is 9. The number of anilines is 1. The minimum Gasteiger partial charge on any atom is -0.493 e. The van der Waals surface area contributed by atoms with Gasteiger partial charge >= 0.3 is 0 Å². The second-order valence-electron chi connectivity index (χ2n) is 7.38. The Morgan fingerprint density at radius 2 is 1.61 bits per heavy atom. The minimum absolute atomic E-state index is 0.141. The molecule has 2 N–H and O–H groups in total. The molecule has 0 saturated heterocycles. The molecule has 0 radical (unpaired) electrons. The van der Waals surface area contributed by atoms with E-state index in [-0.39, 0.29) is 22.4 Å². The van der Waals surface area contributed by atoms with Gasteiger partial charge < -0.3 is 19.5 Å². The highest BCUT2D eigenvalue weighted by Gasteiger charge is 2.13. The van der Waals surface area contributed by atoms with Gasteiger partial charge in [-0.2, -0.15) is 5.10 Å². The average Bonchev–Trinajstić information content (AvgIpc) is 2.85.